The zero-order chi connectivity index (χ0) is 12.1. The first kappa shape index (κ1) is 11.5. The monoisotopic (exact) mass is 228 g/mol. The Kier molecular flexibility index (Phi) is 3.62. The summed E-state index contributed by atoms with van der Waals surface area (Å²) in [4.78, 5) is 0. The Morgan fingerprint density at radius 1 is 1.06 bits per heavy atom. The third kappa shape index (κ3) is 2.77. The summed E-state index contributed by atoms with van der Waals surface area (Å²) in [5.41, 5.74) is 9.70. The van der Waals surface area contributed by atoms with Crippen molar-refractivity contribution in [1.82, 2.24) is 0 Å². The van der Waals surface area contributed by atoms with E-state index in [-0.39, 0.29) is 6.61 Å². The molecule has 2 rings (SSSR count). The predicted octanol–water partition coefficient (Wildman–Crippen LogP) is 2.34. The molecule has 0 atom stereocenters. The molecule has 0 heterocycles. The number of benzene rings is 2. The smallest absolute Gasteiger partial charge is 0.0604 e. The molecule has 0 spiro atoms. The van der Waals surface area contributed by atoms with Crippen LogP contribution < -0.4 is 11.1 Å². The van der Waals surface area contributed by atoms with E-state index in [4.69, 9.17) is 10.8 Å². The molecule has 0 aliphatic carbocycles. The standard InChI is InChI=1S/C14H16N2O/c15-12-6-7-14(16-8-9-17)13(10-12)11-4-2-1-3-5-11/h1-7,10,16-17H,8-9,15H2. The van der Waals surface area contributed by atoms with E-state index in [1.165, 1.54) is 0 Å². The van der Waals surface area contributed by atoms with Gasteiger partial charge in [-0.1, -0.05) is 30.3 Å². The Morgan fingerprint density at radius 2 is 1.82 bits per heavy atom. The molecular formula is C14H16N2O. The summed E-state index contributed by atoms with van der Waals surface area (Å²) >= 11 is 0. The zero-order valence-electron chi connectivity index (χ0n) is 9.56. The Bertz CT molecular complexity index is 483. The van der Waals surface area contributed by atoms with Crippen molar-refractivity contribution < 1.29 is 5.11 Å². The van der Waals surface area contributed by atoms with Crippen molar-refractivity contribution >= 4 is 11.4 Å². The normalized spacial score (nSPS) is 10.2. The first-order valence-corrected chi connectivity index (χ1v) is 5.61. The Balaban J connectivity index is 2.40. The van der Waals surface area contributed by atoms with Crippen molar-refractivity contribution in [2.75, 3.05) is 24.2 Å². The van der Waals surface area contributed by atoms with Crippen LogP contribution in [0.5, 0.6) is 0 Å². The average Bonchev–Trinajstić information content (AvgIpc) is 2.38. The van der Waals surface area contributed by atoms with Gasteiger partial charge in [0, 0.05) is 23.5 Å². The number of aliphatic hydroxyl groups is 1. The van der Waals surface area contributed by atoms with Gasteiger partial charge in [0.2, 0.25) is 0 Å². The lowest BCUT2D eigenvalue weighted by Crippen LogP contribution is -2.06. The van der Waals surface area contributed by atoms with Crippen LogP contribution in [-0.2, 0) is 0 Å². The Morgan fingerprint density at radius 3 is 2.53 bits per heavy atom. The summed E-state index contributed by atoms with van der Waals surface area (Å²) < 4.78 is 0. The van der Waals surface area contributed by atoms with Crippen molar-refractivity contribution in [3.8, 4) is 11.1 Å². The molecule has 3 heteroatoms. The summed E-state index contributed by atoms with van der Waals surface area (Å²) in [5, 5.41) is 12.0. The van der Waals surface area contributed by atoms with Gasteiger partial charge in [0.15, 0.2) is 0 Å². The highest BCUT2D eigenvalue weighted by Crippen LogP contribution is 2.29. The van der Waals surface area contributed by atoms with Crippen LogP contribution in [0.4, 0.5) is 11.4 Å². The zero-order valence-corrected chi connectivity index (χ0v) is 9.56. The van der Waals surface area contributed by atoms with Crippen LogP contribution in [-0.4, -0.2) is 18.3 Å². The van der Waals surface area contributed by atoms with Gasteiger partial charge in [-0.15, -0.1) is 0 Å². The molecule has 2 aromatic carbocycles. The second-order valence-electron chi connectivity index (χ2n) is 3.82. The molecule has 17 heavy (non-hydrogen) atoms. The molecule has 0 radical (unpaired) electrons. The number of nitrogens with one attached hydrogen (secondary N) is 1. The Labute approximate surface area is 101 Å². The minimum Gasteiger partial charge on any atom is -0.399 e. The average molecular weight is 228 g/mol. The van der Waals surface area contributed by atoms with Crippen molar-refractivity contribution in [3.63, 3.8) is 0 Å². The SMILES string of the molecule is Nc1ccc(NCCO)c(-c2ccccc2)c1. The van der Waals surface area contributed by atoms with E-state index < -0.39 is 0 Å². The molecule has 0 saturated carbocycles. The van der Waals surface area contributed by atoms with Crippen molar-refractivity contribution in [1.29, 1.82) is 0 Å². The van der Waals surface area contributed by atoms with Crippen LogP contribution in [0.2, 0.25) is 0 Å². The summed E-state index contributed by atoms with van der Waals surface area (Å²) in [7, 11) is 0. The fourth-order valence-corrected chi connectivity index (χ4v) is 1.76. The van der Waals surface area contributed by atoms with Gasteiger partial charge < -0.3 is 16.2 Å². The van der Waals surface area contributed by atoms with E-state index in [1.807, 2.05) is 48.5 Å². The number of hydrogen-bond acceptors (Lipinski definition) is 3. The molecule has 0 saturated heterocycles. The third-order valence-corrected chi connectivity index (χ3v) is 2.56. The molecule has 0 aliphatic heterocycles. The maximum absolute atomic E-state index is 8.86. The lowest BCUT2D eigenvalue weighted by Gasteiger charge is -2.12. The number of nitrogen functional groups attached to an aromatic ring is 1. The van der Waals surface area contributed by atoms with Gasteiger partial charge in [0.05, 0.1) is 6.61 Å². The van der Waals surface area contributed by atoms with E-state index in [0.29, 0.717) is 6.54 Å². The highest BCUT2D eigenvalue weighted by Gasteiger charge is 2.04. The summed E-state index contributed by atoms with van der Waals surface area (Å²) in [5.74, 6) is 0. The van der Waals surface area contributed by atoms with Gasteiger partial charge in [-0.25, -0.2) is 0 Å². The summed E-state index contributed by atoms with van der Waals surface area (Å²) in [6, 6.07) is 15.8. The number of aliphatic hydroxyl groups excluding tert-OH is 1. The van der Waals surface area contributed by atoms with Crippen LogP contribution in [0.25, 0.3) is 11.1 Å². The topological polar surface area (TPSA) is 58.3 Å². The lowest BCUT2D eigenvalue weighted by molar-refractivity contribution is 0.311. The Hall–Kier alpha value is -2.00. The molecule has 0 unspecified atom stereocenters. The fraction of sp³-hybridized carbons (Fsp3) is 0.143. The molecule has 3 nitrogen and oxygen atoms in total. The van der Waals surface area contributed by atoms with E-state index in [9.17, 15) is 0 Å². The second kappa shape index (κ2) is 5.37. The molecular weight excluding hydrogens is 212 g/mol. The number of anilines is 2. The van der Waals surface area contributed by atoms with Crippen LogP contribution in [0.15, 0.2) is 48.5 Å². The summed E-state index contributed by atoms with van der Waals surface area (Å²) in [6.45, 7) is 0.641. The lowest BCUT2D eigenvalue weighted by atomic mass is 10.0. The van der Waals surface area contributed by atoms with Gasteiger partial charge >= 0.3 is 0 Å². The molecule has 0 amide bonds. The molecule has 4 N–H and O–H groups in total. The van der Waals surface area contributed by atoms with Gasteiger partial charge in [0.25, 0.3) is 0 Å². The van der Waals surface area contributed by atoms with E-state index in [2.05, 4.69) is 5.32 Å². The van der Waals surface area contributed by atoms with Crippen LogP contribution in [0, 0.1) is 0 Å². The van der Waals surface area contributed by atoms with Crippen molar-refractivity contribution in [3.05, 3.63) is 48.5 Å². The molecule has 0 aliphatic rings. The van der Waals surface area contributed by atoms with E-state index >= 15 is 0 Å². The minimum atomic E-state index is 0.110. The van der Waals surface area contributed by atoms with Gasteiger partial charge in [-0.3, -0.25) is 0 Å². The second-order valence-corrected chi connectivity index (χ2v) is 3.82. The van der Waals surface area contributed by atoms with Crippen molar-refractivity contribution in [2.45, 2.75) is 0 Å². The third-order valence-electron chi connectivity index (χ3n) is 2.56. The van der Waals surface area contributed by atoms with Gasteiger partial charge in [-0.05, 0) is 23.8 Å². The van der Waals surface area contributed by atoms with E-state index in [0.717, 1.165) is 22.5 Å². The van der Waals surface area contributed by atoms with Crippen LogP contribution in [0.1, 0.15) is 0 Å². The molecule has 88 valence electrons. The fourth-order valence-electron chi connectivity index (χ4n) is 1.76. The molecule has 0 fully saturated rings. The quantitative estimate of drug-likeness (QED) is 0.704. The highest BCUT2D eigenvalue weighted by atomic mass is 16.3. The van der Waals surface area contributed by atoms with Crippen molar-refractivity contribution in [2.24, 2.45) is 0 Å². The van der Waals surface area contributed by atoms with Crippen LogP contribution in [0.3, 0.4) is 0 Å². The first-order chi connectivity index (χ1) is 8.31. The predicted molar refractivity (Wildman–Crippen MR) is 71.9 cm³/mol. The van der Waals surface area contributed by atoms with Crippen LogP contribution >= 0.6 is 0 Å². The van der Waals surface area contributed by atoms with Gasteiger partial charge in [-0.2, -0.15) is 0 Å². The van der Waals surface area contributed by atoms with E-state index in [1.54, 1.807) is 0 Å². The largest absolute Gasteiger partial charge is 0.399 e. The minimum absolute atomic E-state index is 0.110. The number of rotatable bonds is 4. The number of hydrogen-bond donors (Lipinski definition) is 3. The van der Waals surface area contributed by atoms with Gasteiger partial charge in [0.1, 0.15) is 0 Å². The maximum Gasteiger partial charge on any atom is 0.0604 e. The molecule has 2 aromatic rings. The first-order valence-electron chi connectivity index (χ1n) is 5.61. The highest BCUT2D eigenvalue weighted by molar-refractivity contribution is 5.80. The molecule has 0 bridgehead atoms. The number of nitrogens with two attached hydrogens (primary N) is 1. The maximum atomic E-state index is 8.86. The summed E-state index contributed by atoms with van der Waals surface area (Å²) in [6.07, 6.45) is 0. The molecule has 0 aromatic heterocycles.